The predicted molar refractivity (Wildman–Crippen MR) is 52.7 cm³/mol. The molecule has 0 radical (unpaired) electrons. The summed E-state index contributed by atoms with van der Waals surface area (Å²) in [6.45, 7) is 6.91. The van der Waals surface area contributed by atoms with Gasteiger partial charge in [0.25, 0.3) is 0 Å². The Morgan fingerprint density at radius 3 is 2.62 bits per heavy atom. The molecule has 0 bridgehead atoms. The Balaban J connectivity index is 0.000000845. The molecule has 0 saturated heterocycles. The van der Waals surface area contributed by atoms with Gasteiger partial charge in [-0.15, -0.1) is 5.57 Å². The molecular weight excluding hydrogens is 151 g/mol. The number of allylic oxidation sites excluding steroid dienone is 4. The van der Waals surface area contributed by atoms with Crippen molar-refractivity contribution in [2.24, 2.45) is 5.92 Å². The van der Waals surface area contributed by atoms with E-state index in [2.05, 4.69) is 27.2 Å². The Bertz CT molecular complexity index is 271. The van der Waals surface area contributed by atoms with Crippen LogP contribution in [-0.4, -0.2) is 0 Å². The summed E-state index contributed by atoms with van der Waals surface area (Å²) in [5.41, 5.74) is 6.44. The third kappa shape index (κ3) is 1.63. The summed E-state index contributed by atoms with van der Waals surface area (Å²) in [6.07, 6.45) is 6.42. The number of rotatable bonds is 0. The molecule has 1 atom stereocenters. The second-order valence-corrected chi connectivity index (χ2v) is 4.06. The van der Waals surface area contributed by atoms with Crippen LogP contribution >= 0.6 is 0 Å². The van der Waals surface area contributed by atoms with Gasteiger partial charge in [0, 0.05) is 0 Å². The number of hydrogen-bond donors (Lipinski definition) is 0. The maximum Gasteiger partial charge on any atom is 1.00 e. The SMILES string of the molecule is CC1=C(C)C(C)C2=C1[CH-]CCC2.[Li+]. The van der Waals surface area contributed by atoms with Crippen molar-refractivity contribution in [3.63, 3.8) is 0 Å². The van der Waals surface area contributed by atoms with E-state index in [-0.39, 0.29) is 18.9 Å². The van der Waals surface area contributed by atoms with E-state index in [1.165, 1.54) is 19.3 Å². The molecule has 0 fully saturated rings. The summed E-state index contributed by atoms with van der Waals surface area (Å²) in [5, 5.41) is 0. The van der Waals surface area contributed by atoms with Gasteiger partial charge in [-0.05, 0) is 0 Å². The minimum absolute atomic E-state index is 0. The summed E-state index contributed by atoms with van der Waals surface area (Å²) < 4.78 is 0. The van der Waals surface area contributed by atoms with Gasteiger partial charge in [-0.1, -0.05) is 46.0 Å². The van der Waals surface area contributed by atoms with Crippen molar-refractivity contribution >= 4 is 0 Å². The Hall–Kier alpha value is -0.0526. The van der Waals surface area contributed by atoms with Crippen LogP contribution < -0.4 is 18.9 Å². The first-order valence-corrected chi connectivity index (χ1v) is 4.96. The monoisotopic (exact) mass is 168 g/mol. The Labute approximate surface area is 93.7 Å². The van der Waals surface area contributed by atoms with E-state index in [0.29, 0.717) is 0 Å². The molecule has 2 aliphatic carbocycles. The molecule has 0 aliphatic heterocycles. The van der Waals surface area contributed by atoms with E-state index >= 15 is 0 Å². The molecule has 0 saturated carbocycles. The molecular formula is C12H17Li. The topological polar surface area (TPSA) is 0 Å². The maximum atomic E-state index is 2.43. The van der Waals surface area contributed by atoms with Gasteiger partial charge in [-0.3, -0.25) is 0 Å². The molecule has 0 aromatic heterocycles. The molecule has 66 valence electrons. The molecule has 0 spiro atoms. The maximum absolute atomic E-state index is 2.43. The third-order valence-corrected chi connectivity index (χ3v) is 3.51. The molecule has 0 aromatic rings. The van der Waals surface area contributed by atoms with Gasteiger partial charge in [-0.2, -0.15) is 23.1 Å². The first kappa shape index (κ1) is 11.0. The van der Waals surface area contributed by atoms with Gasteiger partial charge in [-0.25, -0.2) is 0 Å². The van der Waals surface area contributed by atoms with Gasteiger partial charge < -0.3 is 0 Å². The summed E-state index contributed by atoms with van der Waals surface area (Å²) >= 11 is 0. The fourth-order valence-electron chi connectivity index (χ4n) is 2.45. The zero-order valence-corrected chi connectivity index (χ0v) is 9.28. The average Bonchev–Trinajstić information content (AvgIpc) is 2.33. The van der Waals surface area contributed by atoms with Gasteiger partial charge in [0.2, 0.25) is 0 Å². The second kappa shape index (κ2) is 3.99. The van der Waals surface area contributed by atoms with E-state index in [9.17, 15) is 0 Å². The van der Waals surface area contributed by atoms with Gasteiger partial charge >= 0.3 is 18.9 Å². The Morgan fingerprint density at radius 2 is 2.00 bits per heavy atom. The largest absolute Gasteiger partial charge is 1.00 e. The Kier molecular flexibility index (Phi) is 3.38. The van der Waals surface area contributed by atoms with Crippen molar-refractivity contribution in [3.8, 4) is 0 Å². The minimum atomic E-state index is 0. The minimum Gasteiger partial charge on any atom is -0.189 e. The van der Waals surface area contributed by atoms with E-state index < -0.39 is 0 Å². The molecule has 0 N–H and O–H groups in total. The molecule has 0 heterocycles. The molecule has 13 heavy (non-hydrogen) atoms. The molecule has 2 aliphatic rings. The first-order chi connectivity index (χ1) is 5.72. The van der Waals surface area contributed by atoms with Crippen LogP contribution in [0.15, 0.2) is 22.3 Å². The van der Waals surface area contributed by atoms with Gasteiger partial charge in [0.15, 0.2) is 0 Å². The zero-order chi connectivity index (χ0) is 8.72. The summed E-state index contributed by atoms with van der Waals surface area (Å²) in [6, 6.07) is 0. The molecule has 1 heteroatoms. The molecule has 2 rings (SSSR count). The fourth-order valence-corrected chi connectivity index (χ4v) is 2.45. The smallest absolute Gasteiger partial charge is 0.189 e. The van der Waals surface area contributed by atoms with Crippen LogP contribution in [0.3, 0.4) is 0 Å². The van der Waals surface area contributed by atoms with Crippen molar-refractivity contribution in [2.45, 2.75) is 40.0 Å². The average molecular weight is 168 g/mol. The molecule has 0 aromatic carbocycles. The second-order valence-electron chi connectivity index (χ2n) is 4.06. The molecule has 0 nitrogen and oxygen atoms in total. The molecule has 0 amide bonds. The summed E-state index contributed by atoms with van der Waals surface area (Å²) in [5.74, 6) is 0.733. The van der Waals surface area contributed by atoms with Crippen LogP contribution in [-0.2, 0) is 0 Å². The third-order valence-electron chi connectivity index (χ3n) is 3.51. The van der Waals surface area contributed by atoms with Crippen molar-refractivity contribution in [2.75, 3.05) is 0 Å². The van der Waals surface area contributed by atoms with E-state index in [0.717, 1.165) is 5.92 Å². The zero-order valence-electron chi connectivity index (χ0n) is 9.28. The fraction of sp³-hybridized carbons (Fsp3) is 0.583. The Morgan fingerprint density at radius 1 is 1.31 bits per heavy atom. The standard InChI is InChI=1S/C12H17.Li/c1-8-9(2)11-6-4-5-7-12(11)10(8)3;/h6,10H,4-5,7H2,1-3H3;/q-1;+1. The van der Waals surface area contributed by atoms with Gasteiger partial charge in [0.1, 0.15) is 0 Å². The predicted octanol–water partition coefficient (Wildman–Crippen LogP) is 0.661. The van der Waals surface area contributed by atoms with Gasteiger partial charge in [0.05, 0.1) is 0 Å². The van der Waals surface area contributed by atoms with Crippen LogP contribution in [0.25, 0.3) is 0 Å². The van der Waals surface area contributed by atoms with Crippen LogP contribution in [0.1, 0.15) is 40.0 Å². The van der Waals surface area contributed by atoms with Crippen LogP contribution in [0.5, 0.6) is 0 Å². The van der Waals surface area contributed by atoms with E-state index in [1.54, 1.807) is 22.3 Å². The normalized spacial score (nSPS) is 26.8. The molecule has 1 unspecified atom stereocenters. The van der Waals surface area contributed by atoms with Crippen molar-refractivity contribution in [1.82, 2.24) is 0 Å². The van der Waals surface area contributed by atoms with E-state index in [4.69, 9.17) is 0 Å². The van der Waals surface area contributed by atoms with Crippen molar-refractivity contribution in [1.29, 1.82) is 0 Å². The van der Waals surface area contributed by atoms with Crippen LogP contribution in [0, 0.1) is 12.3 Å². The van der Waals surface area contributed by atoms with Crippen LogP contribution in [0.2, 0.25) is 0 Å². The van der Waals surface area contributed by atoms with Crippen LogP contribution in [0.4, 0.5) is 0 Å². The summed E-state index contributed by atoms with van der Waals surface area (Å²) in [7, 11) is 0. The van der Waals surface area contributed by atoms with Crippen molar-refractivity contribution in [3.05, 3.63) is 28.7 Å². The summed E-state index contributed by atoms with van der Waals surface area (Å²) in [4.78, 5) is 0. The van der Waals surface area contributed by atoms with Crippen molar-refractivity contribution < 1.29 is 18.9 Å². The quantitative estimate of drug-likeness (QED) is 0.368. The number of hydrogen-bond acceptors (Lipinski definition) is 0. The first-order valence-electron chi connectivity index (χ1n) is 4.96. The van der Waals surface area contributed by atoms with E-state index in [1.807, 2.05) is 0 Å².